The number of nitrogens with zero attached hydrogens (tertiary/aromatic N) is 3. The van der Waals surface area contributed by atoms with E-state index >= 15 is 0 Å². The van der Waals surface area contributed by atoms with E-state index in [4.69, 9.17) is 8.83 Å². The lowest BCUT2D eigenvalue weighted by molar-refractivity contribution is -0.135. The summed E-state index contributed by atoms with van der Waals surface area (Å²) in [6, 6.07) is 1.79. The molecule has 6 nitrogen and oxygen atoms in total. The Labute approximate surface area is 123 Å². The summed E-state index contributed by atoms with van der Waals surface area (Å²) in [5.74, 6) is 1.65. The number of furan rings is 1. The third-order valence-corrected chi connectivity index (χ3v) is 3.86. The highest BCUT2D eigenvalue weighted by atomic mass is 16.4. The van der Waals surface area contributed by atoms with Crippen LogP contribution < -0.4 is 0 Å². The normalized spacial score (nSPS) is 16.6. The van der Waals surface area contributed by atoms with Gasteiger partial charge in [-0.05, 0) is 18.9 Å². The average molecular weight is 289 g/mol. The van der Waals surface area contributed by atoms with E-state index in [1.54, 1.807) is 18.6 Å². The predicted octanol–water partition coefficient (Wildman–Crippen LogP) is 2.69. The minimum Gasteiger partial charge on any atom is -0.472 e. The van der Waals surface area contributed by atoms with Crippen LogP contribution >= 0.6 is 0 Å². The van der Waals surface area contributed by atoms with Gasteiger partial charge in [0.1, 0.15) is 6.26 Å². The van der Waals surface area contributed by atoms with Crippen molar-refractivity contribution in [3.8, 4) is 11.5 Å². The molecule has 2 aromatic rings. The number of rotatable bonds is 3. The number of likely N-dealkylation sites (tertiary alicyclic amines) is 1. The smallest absolute Gasteiger partial charge is 0.250 e. The summed E-state index contributed by atoms with van der Waals surface area (Å²) in [5.41, 5.74) is 0.793. The third-order valence-electron chi connectivity index (χ3n) is 3.86. The van der Waals surface area contributed by atoms with Gasteiger partial charge in [0.2, 0.25) is 11.8 Å². The van der Waals surface area contributed by atoms with Crippen molar-refractivity contribution in [2.75, 3.05) is 13.1 Å². The maximum atomic E-state index is 12.0. The van der Waals surface area contributed by atoms with Crippen LogP contribution in [0, 0.1) is 5.92 Å². The molecule has 3 heterocycles. The second-order valence-corrected chi connectivity index (χ2v) is 5.71. The highest BCUT2D eigenvalue weighted by molar-refractivity contribution is 5.78. The Kier molecular flexibility index (Phi) is 3.77. The number of amides is 1. The Bertz CT molecular complexity index is 595. The van der Waals surface area contributed by atoms with Crippen molar-refractivity contribution in [3.63, 3.8) is 0 Å². The predicted molar refractivity (Wildman–Crippen MR) is 75.4 cm³/mol. The van der Waals surface area contributed by atoms with E-state index < -0.39 is 0 Å². The van der Waals surface area contributed by atoms with Gasteiger partial charge in [-0.2, -0.15) is 0 Å². The van der Waals surface area contributed by atoms with Gasteiger partial charge < -0.3 is 13.7 Å². The quantitative estimate of drug-likeness (QED) is 0.868. The van der Waals surface area contributed by atoms with Gasteiger partial charge in [-0.15, -0.1) is 10.2 Å². The molecule has 21 heavy (non-hydrogen) atoms. The van der Waals surface area contributed by atoms with Gasteiger partial charge in [0, 0.05) is 24.9 Å². The van der Waals surface area contributed by atoms with Crippen molar-refractivity contribution in [2.24, 2.45) is 5.92 Å². The van der Waals surface area contributed by atoms with Gasteiger partial charge in [-0.1, -0.05) is 13.8 Å². The summed E-state index contributed by atoms with van der Waals surface area (Å²) in [7, 11) is 0. The minimum atomic E-state index is 0.0534. The molecule has 112 valence electrons. The summed E-state index contributed by atoms with van der Waals surface area (Å²) in [6.07, 6.45) is 4.90. The molecule has 1 fully saturated rings. The van der Waals surface area contributed by atoms with Crippen LogP contribution in [0.25, 0.3) is 11.5 Å². The summed E-state index contributed by atoms with van der Waals surface area (Å²) in [5, 5.41) is 8.20. The third kappa shape index (κ3) is 2.84. The van der Waals surface area contributed by atoms with Gasteiger partial charge in [0.15, 0.2) is 0 Å². The van der Waals surface area contributed by atoms with Crippen molar-refractivity contribution in [3.05, 3.63) is 24.5 Å². The molecule has 1 amide bonds. The molecule has 0 bridgehead atoms. The molecule has 3 rings (SSSR count). The summed E-state index contributed by atoms with van der Waals surface area (Å²) in [4.78, 5) is 13.9. The van der Waals surface area contributed by atoms with Crippen molar-refractivity contribution in [1.82, 2.24) is 15.1 Å². The first-order valence-electron chi connectivity index (χ1n) is 7.30. The summed E-state index contributed by atoms with van der Waals surface area (Å²) in [6.45, 7) is 5.38. The fourth-order valence-electron chi connectivity index (χ4n) is 2.61. The van der Waals surface area contributed by atoms with Crippen LogP contribution in [0.4, 0.5) is 0 Å². The standard InChI is InChI=1S/C15H19N3O3/c1-10(2)15(19)18-6-3-11(4-7-18)13-16-17-14(21-13)12-5-8-20-9-12/h5,8-11H,3-4,6-7H2,1-2H3. The molecule has 0 aliphatic carbocycles. The van der Waals surface area contributed by atoms with Crippen molar-refractivity contribution < 1.29 is 13.6 Å². The zero-order valence-corrected chi connectivity index (χ0v) is 12.3. The lowest BCUT2D eigenvalue weighted by Crippen LogP contribution is -2.40. The monoisotopic (exact) mass is 289 g/mol. The van der Waals surface area contributed by atoms with Gasteiger partial charge in [-0.3, -0.25) is 4.79 Å². The molecule has 1 aliphatic rings. The second-order valence-electron chi connectivity index (χ2n) is 5.71. The molecule has 0 spiro atoms. The number of carbonyl (C=O) groups excluding carboxylic acids is 1. The van der Waals surface area contributed by atoms with Crippen LogP contribution in [0.3, 0.4) is 0 Å². The lowest BCUT2D eigenvalue weighted by atomic mass is 9.96. The molecule has 0 aromatic carbocycles. The Morgan fingerprint density at radius 3 is 2.71 bits per heavy atom. The molecular formula is C15H19N3O3. The first-order chi connectivity index (χ1) is 10.1. The van der Waals surface area contributed by atoms with Crippen LogP contribution in [-0.2, 0) is 4.79 Å². The number of hydrogen-bond donors (Lipinski definition) is 0. The molecule has 0 unspecified atom stereocenters. The highest BCUT2D eigenvalue weighted by Gasteiger charge is 2.28. The topological polar surface area (TPSA) is 72.4 Å². The van der Waals surface area contributed by atoms with E-state index in [0.29, 0.717) is 11.8 Å². The minimum absolute atomic E-state index is 0.0534. The first kappa shape index (κ1) is 13.9. The zero-order chi connectivity index (χ0) is 14.8. The largest absolute Gasteiger partial charge is 0.472 e. The molecule has 0 atom stereocenters. The second kappa shape index (κ2) is 5.71. The van der Waals surface area contributed by atoms with Gasteiger partial charge >= 0.3 is 0 Å². The van der Waals surface area contributed by atoms with E-state index in [1.165, 1.54) is 0 Å². The lowest BCUT2D eigenvalue weighted by Gasteiger charge is -2.31. The Balaban J connectivity index is 1.64. The van der Waals surface area contributed by atoms with E-state index in [-0.39, 0.29) is 17.7 Å². The van der Waals surface area contributed by atoms with Crippen molar-refractivity contribution >= 4 is 5.91 Å². The maximum absolute atomic E-state index is 12.0. The number of aromatic nitrogens is 2. The fraction of sp³-hybridized carbons (Fsp3) is 0.533. The van der Waals surface area contributed by atoms with E-state index in [0.717, 1.165) is 31.5 Å². The maximum Gasteiger partial charge on any atom is 0.250 e. The zero-order valence-electron chi connectivity index (χ0n) is 12.3. The Morgan fingerprint density at radius 2 is 2.10 bits per heavy atom. The van der Waals surface area contributed by atoms with E-state index in [1.807, 2.05) is 18.7 Å². The van der Waals surface area contributed by atoms with E-state index in [2.05, 4.69) is 10.2 Å². The summed E-state index contributed by atoms with van der Waals surface area (Å²) >= 11 is 0. The molecular weight excluding hydrogens is 270 g/mol. The molecule has 1 aliphatic heterocycles. The molecule has 0 saturated carbocycles. The fourth-order valence-corrected chi connectivity index (χ4v) is 2.61. The molecule has 0 N–H and O–H groups in total. The molecule has 1 saturated heterocycles. The van der Waals surface area contributed by atoms with Gasteiger partial charge in [0.05, 0.1) is 11.8 Å². The SMILES string of the molecule is CC(C)C(=O)N1CCC(c2nnc(-c3ccoc3)o2)CC1. The Morgan fingerprint density at radius 1 is 1.33 bits per heavy atom. The van der Waals surface area contributed by atoms with Gasteiger partial charge in [0.25, 0.3) is 5.89 Å². The first-order valence-corrected chi connectivity index (χ1v) is 7.30. The van der Waals surface area contributed by atoms with Crippen molar-refractivity contribution in [1.29, 1.82) is 0 Å². The van der Waals surface area contributed by atoms with Gasteiger partial charge in [-0.25, -0.2) is 0 Å². The van der Waals surface area contributed by atoms with Crippen LogP contribution in [0.5, 0.6) is 0 Å². The highest BCUT2D eigenvalue weighted by Crippen LogP contribution is 2.29. The van der Waals surface area contributed by atoms with Crippen LogP contribution in [-0.4, -0.2) is 34.1 Å². The molecule has 2 aromatic heterocycles. The summed E-state index contributed by atoms with van der Waals surface area (Å²) < 4.78 is 10.7. The Hall–Kier alpha value is -2.11. The number of piperidine rings is 1. The van der Waals surface area contributed by atoms with E-state index in [9.17, 15) is 4.79 Å². The van der Waals surface area contributed by atoms with Crippen molar-refractivity contribution in [2.45, 2.75) is 32.6 Å². The van der Waals surface area contributed by atoms with Crippen LogP contribution in [0.2, 0.25) is 0 Å². The number of carbonyl (C=O) groups is 1. The number of hydrogen-bond acceptors (Lipinski definition) is 5. The van der Waals surface area contributed by atoms with Crippen LogP contribution in [0.1, 0.15) is 38.5 Å². The molecule has 6 heteroatoms. The average Bonchev–Trinajstić information content (AvgIpc) is 3.17. The van der Waals surface area contributed by atoms with Crippen LogP contribution in [0.15, 0.2) is 27.4 Å². The molecule has 0 radical (unpaired) electrons.